The molecule has 5 nitrogen and oxygen atoms in total. The van der Waals surface area contributed by atoms with Gasteiger partial charge in [-0.25, -0.2) is 0 Å². The summed E-state index contributed by atoms with van der Waals surface area (Å²) in [6, 6.07) is 2.25. The van der Waals surface area contributed by atoms with Crippen LogP contribution >= 0.6 is 0 Å². The Kier molecular flexibility index (Phi) is 9.89. The Morgan fingerprint density at radius 2 is 2.00 bits per heavy atom. The quantitative estimate of drug-likeness (QED) is 0.567. The Balaban J connectivity index is 3.54. The van der Waals surface area contributed by atoms with Gasteiger partial charge < -0.3 is 19.5 Å². The summed E-state index contributed by atoms with van der Waals surface area (Å²) < 4.78 is 15.9. The third kappa shape index (κ3) is 8.43. The summed E-state index contributed by atoms with van der Waals surface area (Å²) in [7, 11) is 3.47. The van der Waals surface area contributed by atoms with Gasteiger partial charge in [-0.3, -0.25) is 0 Å². The molecule has 0 aliphatic carbocycles. The smallest absolute Gasteiger partial charge is 0.106 e. The number of hydrogen-bond acceptors (Lipinski definition) is 5. The van der Waals surface area contributed by atoms with Crippen molar-refractivity contribution in [2.24, 2.45) is 0 Å². The van der Waals surface area contributed by atoms with Crippen LogP contribution in [0.5, 0.6) is 0 Å². The third-order valence-electron chi connectivity index (χ3n) is 2.76. The minimum absolute atomic E-state index is 0.0321. The first-order valence-corrected chi connectivity index (χ1v) is 6.36. The summed E-state index contributed by atoms with van der Waals surface area (Å²) in [5, 5.41) is 12.0. The maximum absolute atomic E-state index is 9.02. The minimum atomic E-state index is -0.529. The average molecular weight is 258 g/mol. The van der Waals surface area contributed by atoms with E-state index in [-0.39, 0.29) is 6.10 Å². The van der Waals surface area contributed by atoms with Crippen LogP contribution < -0.4 is 5.32 Å². The van der Waals surface area contributed by atoms with Crippen molar-refractivity contribution in [3.8, 4) is 6.07 Å². The van der Waals surface area contributed by atoms with Gasteiger partial charge in [0.15, 0.2) is 0 Å². The van der Waals surface area contributed by atoms with Crippen molar-refractivity contribution in [3.63, 3.8) is 0 Å². The Morgan fingerprint density at radius 1 is 1.28 bits per heavy atom. The van der Waals surface area contributed by atoms with E-state index in [0.29, 0.717) is 26.2 Å². The highest BCUT2D eigenvalue weighted by Gasteiger charge is 2.24. The predicted octanol–water partition coefficient (Wildman–Crippen LogP) is 1.34. The predicted molar refractivity (Wildman–Crippen MR) is 70.4 cm³/mol. The molecule has 0 aliphatic rings. The normalized spacial score (nSPS) is 15.9. The van der Waals surface area contributed by atoms with Crippen molar-refractivity contribution in [1.82, 2.24) is 5.32 Å². The van der Waals surface area contributed by atoms with Crippen LogP contribution in [0, 0.1) is 11.3 Å². The van der Waals surface area contributed by atoms with Gasteiger partial charge in [0.2, 0.25) is 0 Å². The summed E-state index contributed by atoms with van der Waals surface area (Å²) in [6.45, 7) is 6.39. The Morgan fingerprint density at radius 3 is 2.56 bits per heavy atom. The number of nitriles is 1. The first-order chi connectivity index (χ1) is 8.58. The maximum atomic E-state index is 9.02. The summed E-state index contributed by atoms with van der Waals surface area (Å²) >= 11 is 0. The van der Waals surface area contributed by atoms with E-state index in [0.717, 1.165) is 13.0 Å². The number of ether oxygens (including phenoxy) is 3. The molecule has 0 saturated heterocycles. The van der Waals surface area contributed by atoms with Gasteiger partial charge in [-0.15, -0.1) is 0 Å². The van der Waals surface area contributed by atoms with Gasteiger partial charge in [0, 0.05) is 26.7 Å². The lowest BCUT2D eigenvalue weighted by Gasteiger charge is -2.24. The monoisotopic (exact) mass is 258 g/mol. The highest BCUT2D eigenvalue weighted by molar-refractivity contribution is 5.03. The lowest BCUT2D eigenvalue weighted by atomic mass is 9.97. The zero-order chi connectivity index (χ0) is 13.9. The number of methoxy groups -OCH3 is 1. The van der Waals surface area contributed by atoms with E-state index in [1.54, 1.807) is 14.2 Å². The van der Waals surface area contributed by atoms with E-state index in [1.807, 2.05) is 13.8 Å². The second kappa shape index (κ2) is 10.3. The van der Waals surface area contributed by atoms with Gasteiger partial charge in [0.1, 0.15) is 5.54 Å². The molecule has 0 fully saturated rings. The molecule has 1 N–H and O–H groups in total. The zero-order valence-corrected chi connectivity index (χ0v) is 12.0. The molecule has 0 aromatic heterocycles. The lowest BCUT2D eigenvalue weighted by Crippen LogP contribution is -2.41. The molecule has 0 amide bonds. The fourth-order valence-electron chi connectivity index (χ4n) is 1.55. The average Bonchev–Trinajstić information content (AvgIpc) is 2.37. The molecule has 0 rings (SSSR count). The molecule has 18 heavy (non-hydrogen) atoms. The van der Waals surface area contributed by atoms with Gasteiger partial charge in [-0.05, 0) is 27.3 Å². The molecule has 5 heteroatoms. The molecular formula is C13H26N2O3. The van der Waals surface area contributed by atoms with E-state index in [4.69, 9.17) is 19.5 Å². The molecule has 0 aromatic rings. The minimum Gasteiger partial charge on any atom is -0.385 e. The molecule has 0 aromatic carbocycles. The van der Waals surface area contributed by atoms with Crippen molar-refractivity contribution in [1.29, 1.82) is 5.26 Å². The van der Waals surface area contributed by atoms with Crippen LogP contribution in [-0.4, -0.2) is 52.2 Å². The first kappa shape index (κ1) is 17.3. The largest absolute Gasteiger partial charge is 0.385 e. The molecule has 0 saturated carbocycles. The van der Waals surface area contributed by atoms with Crippen LogP contribution in [0.1, 0.15) is 26.7 Å². The summed E-state index contributed by atoms with van der Waals surface area (Å²) in [5.74, 6) is 0. The van der Waals surface area contributed by atoms with Gasteiger partial charge in [0.25, 0.3) is 0 Å². The molecule has 0 aliphatic heterocycles. The topological polar surface area (TPSA) is 63.5 Å². The van der Waals surface area contributed by atoms with Crippen molar-refractivity contribution >= 4 is 0 Å². The van der Waals surface area contributed by atoms with Crippen molar-refractivity contribution in [2.45, 2.75) is 38.3 Å². The molecule has 0 bridgehead atoms. The number of rotatable bonds is 11. The van der Waals surface area contributed by atoms with Crippen LogP contribution in [0.3, 0.4) is 0 Å². The maximum Gasteiger partial charge on any atom is 0.106 e. The van der Waals surface area contributed by atoms with Gasteiger partial charge in [0.05, 0.1) is 25.4 Å². The van der Waals surface area contributed by atoms with E-state index in [2.05, 4.69) is 11.4 Å². The van der Waals surface area contributed by atoms with Gasteiger partial charge in [-0.1, -0.05) is 0 Å². The summed E-state index contributed by atoms with van der Waals surface area (Å²) in [4.78, 5) is 0. The first-order valence-electron chi connectivity index (χ1n) is 6.36. The second-order valence-corrected chi connectivity index (χ2v) is 4.54. The van der Waals surface area contributed by atoms with Crippen LogP contribution in [0.2, 0.25) is 0 Å². The Bertz CT molecular complexity index is 243. The SMILES string of the molecule is CNC(C)(C#N)CC(C)OCCOCCCOC. The Hall–Kier alpha value is -0.670. The second-order valence-electron chi connectivity index (χ2n) is 4.54. The van der Waals surface area contributed by atoms with Crippen molar-refractivity contribution in [2.75, 3.05) is 40.6 Å². The van der Waals surface area contributed by atoms with E-state index >= 15 is 0 Å². The highest BCUT2D eigenvalue weighted by Crippen LogP contribution is 2.12. The van der Waals surface area contributed by atoms with Crippen LogP contribution in [0.25, 0.3) is 0 Å². The van der Waals surface area contributed by atoms with E-state index in [1.165, 1.54) is 0 Å². The third-order valence-corrected chi connectivity index (χ3v) is 2.76. The molecule has 0 spiro atoms. The number of nitrogens with one attached hydrogen (secondary N) is 1. The van der Waals surface area contributed by atoms with Gasteiger partial charge in [-0.2, -0.15) is 5.26 Å². The summed E-state index contributed by atoms with van der Waals surface area (Å²) in [5.41, 5.74) is -0.529. The standard InChI is InChI=1S/C13H26N2O3/c1-12(10-13(2,11-14)15-3)18-9-8-17-7-5-6-16-4/h12,15H,5-10H2,1-4H3. The van der Waals surface area contributed by atoms with E-state index in [9.17, 15) is 0 Å². The summed E-state index contributed by atoms with van der Waals surface area (Å²) in [6.07, 6.45) is 1.59. The molecule has 106 valence electrons. The highest BCUT2D eigenvalue weighted by atomic mass is 16.5. The zero-order valence-electron chi connectivity index (χ0n) is 12.0. The van der Waals surface area contributed by atoms with Crippen molar-refractivity contribution < 1.29 is 14.2 Å². The van der Waals surface area contributed by atoms with Crippen molar-refractivity contribution in [3.05, 3.63) is 0 Å². The van der Waals surface area contributed by atoms with Crippen LogP contribution in [0.4, 0.5) is 0 Å². The molecule has 2 unspecified atom stereocenters. The van der Waals surface area contributed by atoms with Crippen LogP contribution in [-0.2, 0) is 14.2 Å². The molecule has 0 radical (unpaired) electrons. The number of nitrogens with zero attached hydrogens (tertiary/aromatic N) is 1. The Labute approximate surface area is 110 Å². The van der Waals surface area contributed by atoms with E-state index < -0.39 is 5.54 Å². The molecule has 2 atom stereocenters. The molecule has 0 heterocycles. The van der Waals surface area contributed by atoms with Crippen LogP contribution in [0.15, 0.2) is 0 Å². The molecular weight excluding hydrogens is 232 g/mol. The lowest BCUT2D eigenvalue weighted by molar-refractivity contribution is -0.000263. The fraction of sp³-hybridized carbons (Fsp3) is 0.923. The van der Waals surface area contributed by atoms with Gasteiger partial charge >= 0.3 is 0 Å². The fourth-order valence-corrected chi connectivity index (χ4v) is 1.55. The number of hydrogen-bond donors (Lipinski definition) is 1.